The smallest absolute Gasteiger partial charge is 0.260 e. The van der Waals surface area contributed by atoms with Crippen molar-refractivity contribution in [1.82, 2.24) is 4.90 Å². The summed E-state index contributed by atoms with van der Waals surface area (Å²) in [4.78, 5) is 25.2. The van der Waals surface area contributed by atoms with Gasteiger partial charge in [0.1, 0.15) is 5.75 Å². The van der Waals surface area contributed by atoms with Gasteiger partial charge >= 0.3 is 0 Å². The minimum absolute atomic E-state index is 0. The molecular formula is C16H24ClN3O3. The molecule has 0 aromatic heterocycles. The molecule has 6 nitrogen and oxygen atoms in total. The Morgan fingerprint density at radius 2 is 2.13 bits per heavy atom. The van der Waals surface area contributed by atoms with Crippen molar-refractivity contribution in [3.63, 3.8) is 0 Å². The van der Waals surface area contributed by atoms with Crippen molar-refractivity contribution >= 4 is 29.9 Å². The zero-order valence-corrected chi connectivity index (χ0v) is 14.3. The molecular weight excluding hydrogens is 318 g/mol. The lowest BCUT2D eigenvalue weighted by atomic mass is 10.3. The zero-order chi connectivity index (χ0) is 16.1. The lowest BCUT2D eigenvalue weighted by molar-refractivity contribution is -0.133. The van der Waals surface area contributed by atoms with Gasteiger partial charge in [0, 0.05) is 37.3 Å². The van der Waals surface area contributed by atoms with Gasteiger partial charge in [-0.3, -0.25) is 9.59 Å². The van der Waals surface area contributed by atoms with Crippen LogP contribution >= 0.6 is 12.4 Å². The summed E-state index contributed by atoms with van der Waals surface area (Å²) in [6.45, 7) is 2.23. The van der Waals surface area contributed by atoms with Crippen molar-refractivity contribution in [3.05, 3.63) is 24.3 Å². The molecule has 0 saturated heterocycles. The van der Waals surface area contributed by atoms with Gasteiger partial charge in [0.2, 0.25) is 5.91 Å². The van der Waals surface area contributed by atoms with Gasteiger partial charge in [-0.1, -0.05) is 6.07 Å². The second-order valence-electron chi connectivity index (χ2n) is 5.67. The van der Waals surface area contributed by atoms with Crippen LogP contribution in [0.4, 0.5) is 5.69 Å². The van der Waals surface area contributed by atoms with Crippen molar-refractivity contribution in [2.45, 2.75) is 25.8 Å². The molecule has 0 spiro atoms. The molecule has 0 heterocycles. The molecule has 1 atom stereocenters. The van der Waals surface area contributed by atoms with Crippen molar-refractivity contribution < 1.29 is 14.3 Å². The molecule has 0 radical (unpaired) electrons. The molecule has 1 aromatic carbocycles. The number of nitrogens with one attached hydrogen (secondary N) is 1. The third-order valence-electron chi connectivity index (χ3n) is 3.81. The average molecular weight is 342 g/mol. The number of carbonyl (C=O) groups is 2. The highest BCUT2D eigenvalue weighted by atomic mass is 35.5. The number of anilines is 1. The van der Waals surface area contributed by atoms with Gasteiger partial charge < -0.3 is 20.7 Å². The average Bonchev–Trinajstić information content (AvgIpc) is 3.36. The topological polar surface area (TPSA) is 84.7 Å². The fourth-order valence-corrected chi connectivity index (χ4v) is 1.90. The van der Waals surface area contributed by atoms with Crippen LogP contribution in [-0.4, -0.2) is 43.0 Å². The molecule has 0 aliphatic heterocycles. The van der Waals surface area contributed by atoms with Crippen LogP contribution in [0.25, 0.3) is 0 Å². The molecule has 0 bridgehead atoms. The van der Waals surface area contributed by atoms with E-state index in [1.807, 2.05) is 6.92 Å². The van der Waals surface area contributed by atoms with E-state index in [0.717, 1.165) is 12.8 Å². The van der Waals surface area contributed by atoms with Crippen LogP contribution in [0, 0.1) is 5.92 Å². The second kappa shape index (κ2) is 8.74. The lowest BCUT2D eigenvalue weighted by Crippen LogP contribution is -2.42. The number of hydrogen-bond donors (Lipinski definition) is 2. The number of likely N-dealkylation sites (N-methyl/N-ethyl adjacent to an activating group) is 1. The summed E-state index contributed by atoms with van der Waals surface area (Å²) in [6, 6.07) is 7.04. The first-order chi connectivity index (χ1) is 10.5. The van der Waals surface area contributed by atoms with Crippen LogP contribution in [0.15, 0.2) is 24.3 Å². The maximum atomic E-state index is 12.0. The van der Waals surface area contributed by atoms with Crippen LogP contribution in [0.3, 0.4) is 0 Å². The lowest BCUT2D eigenvalue weighted by Gasteiger charge is -2.23. The van der Waals surface area contributed by atoms with Gasteiger partial charge in [-0.2, -0.15) is 0 Å². The summed E-state index contributed by atoms with van der Waals surface area (Å²) in [5.41, 5.74) is 6.22. The molecule has 1 aliphatic rings. The van der Waals surface area contributed by atoms with E-state index < -0.39 is 0 Å². The number of ether oxygens (including phenoxy) is 1. The highest BCUT2D eigenvalue weighted by Crippen LogP contribution is 2.30. The highest BCUT2D eigenvalue weighted by Gasteiger charge is 2.29. The van der Waals surface area contributed by atoms with Crippen LogP contribution in [0.1, 0.15) is 19.8 Å². The predicted molar refractivity (Wildman–Crippen MR) is 91.8 cm³/mol. The third-order valence-corrected chi connectivity index (χ3v) is 3.81. The van der Waals surface area contributed by atoms with Gasteiger partial charge in [0.15, 0.2) is 6.61 Å². The molecule has 2 rings (SSSR count). The first-order valence-corrected chi connectivity index (χ1v) is 7.50. The molecule has 1 unspecified atom stereocenters. The Morgan fingerprint density at radius 1 is 1.43 bits per heavy atom. The van der Waals surface area contributed by atoms with Crippen molar-refractivity contribution in [3.8, 4) is 5.75 Å². The van der Waals surface area contributed by atoms with E-state index in [2.05, 4.69) is 5.32 Å². The quantitative estimate of drug-likeness (QED) is 0.789. The molecule has 128 valence electrons. The molecule has 2 amide bonds. The minimum Gasteiger partial charge on any atom is -0.484 e. The molecule has 1 aliphatic carbocycles. The van der Waals surface area contributed by atoms with Gasteiger partial charge in [-0.15, -0.1) is 12.4 Å². The summed E-state index contributed by atoms with van der Waals surface area (Å²) >= 11 is 0. The van der Waals surface area contributed by atoms with Gasteiger partial charge in [0.05, 0.1) is 0 Å². The molecule has 1 fully saturated rings. The van der Waals surface area contributed by atoms with E-state index in [0.29, 0.717) is 18.0 Å². The Hall–Kier alpha value is -1.79. The van der Waals surface area contributed by atoms with E-state index in [-0.39, 0.29) is 42.8 Å². The summed E-state index contributed by atoms with van der Waals surface area (Å²) in [5, 5.41) is 2.85. The number of benzene rings is 1. The zero-order valence-electron chi connectivity index (χ0n) is 13.5. The summed E-state index contributed by atoms with van der Waals surface area (Å²) in [7, 11) is 1.70. The predicted octanol–water partition coefficient (Wildman–Crippen LogP) is 1.64. The highest BCUT2D eigenvalue weighted by molar-refractivity contribution is 5.94. The third kappa shape index (κ3) is 5.73. The normalized spacial score (nSPS) is 14.4. The number of amides is 2. The summed E-state index contributed by atoms with van der Waals surface area (Å²) < 4.78 is 5.50. The fourth-order valence-electron chi connectivity index (χ4n) is 1.90. The van der Waals surface area contributed by atoms with Gasteiger partial charge in [-0.05, 0) is 31.9 Å². The molecule has 23 heavy (non-hydrogen) atoms. The second-order valence-corrected chi connectivity index (χ2v) is 5.67. The van der Waals surface area contributed by atoms with Gasteiger partial charge in [0.25, 0.3) is 5.91 Å². The Labute approximate surface area is 142 Å². The van der Waals surface area contributed by atoms with Crippen molar-refractivity contribution in [2.24, 2.45) is 11.7 Å². The molecule has 3 N–H and O–H groups in total. The Kier molecular flexibility index (Phi) is 7.32. The van der Waals surface area contributed by atoms with E-state index in [4.69, 9.17) is 10.5 Å². The van der Waals surface area contributed by atoms with E-state index in [1.165, 1.54) is 0 Å². The summed E-state index contributed by atoms with van der Waals surface area (Å²) in [5.74, 6) is 0.614. The number of carbonyl (C=O) groups excluding carboxylic acids is 2. The Morgan fingerprint density at radius 3 is 2.74 bits per heavy atom. The Bertz CT molecular complexity index is 549. The van der Waals surface area contributed by atoms with Crippen molar-refractivity contribution in [2.75, 3.05) is 25.5 Å². The minimum atomic E-state index is -0.134. The van der Waals surface area contributed by atoms with E-state index >= 15 is 0 Å². The van der Waals surface area contributed by atoms with Gasteiger partial charge in [-0.25, -0.2) is 0 Å². The SMILES string of the molecule is CC(CN)N(C)C(=O)COc1cccc(NC(=O)C2CC2)c1.Cl. The van der Waals surface area contributed by atoms with Crippen LogP contribution in [0.2, 0.25) is 0 Å². The van der Waals surface area contributed by atoms with Crippen LogP contribution in [0.5, 0.6) is 5.75 Å². The molecule has 1 saturated carbocycles. The fraction of sp³-hybridized carbons (Fsp3) is 0.500. The maximum Gasteiger partial charge on any atom is 0.260 e. The number of nitrogens with zero attached hydrogens (tertiary/aromatic N) is 1. The van der Waals surface area contributed by atoms with E-state index in [9.17, 15) is 9.59 Å². The Balaban J connectivity index is 0.00000264. The number of halogens is 1. The summed E-state index contributed by atoms with van der Waals surface area (Å²) in [6.07, 6.45) is 1.92. The molecule has 1 aromatic rings. The van der Waals surface area contributed by atoms with Crippen LogP contribution < -0.4 is 15.8 Å². The van der Waals surface area contributed by atoms with Crippen LogP contribution in [-0.2, 0) is 9.59 Å². The van der Waals surface area contributed by atoms with E-state index in [1.54, 1.807) is 36.2 Å². The standard InChI is InChI=1S/C16H23N3O3.ClH/c1-11(9-17)19(2)15(20)10-22-14-5-3-4-13(8-14)18-16(21)12-6-7-12;/h3-5,8,11-12H,6-7,9-10,17H2,1-2H3,(H,18,21);1H. The maximum absolute atomic E-state index is 12.0. The first-order valence-electron chi connectivity index (χ1n) is 7.50. The number of nitrogens with two attached hydrogens (primary N) is 1. The largest absolute Gasteiger partial charge is 0.484 e. The molecule has 7 heteroatoms. The number of hydrogen-bond acceptors (Lipinski definition) is 4. The number of rotatable bonds is 7. The monoisotopic (exact) mass is 341 g/mol. The first kappa shape index (κ1) is 19.3. The van der Waals surface area contributed by atoms with Crippen molar-refractivity contribution in [1.29, 1.82) is 0 Å².